The summed E-state index contributed by atoms with van der Waals surface area (Å²) < 4.78 is 0. The van der Waals surface area contributed by atoms with Crippen LogP contribution in [-0.4, -0.2) is 30.9 Å². The lowest BCUT2D eigenvalue weighted by atomic mass is 9.88. The van der Waals surface area contributed by atoms with Crippen molar-refractivity contribution in [2.24, 2.45) is 5.41 Å². The maximum atomic E-state index is 12.4. The standard InChI is InChI=1S/C15H19N3O/c1-15(6-7-17-11-15)14(19)18(2)10-13-5-3-4-12(8-13)9-16/h3-5,8,17H,6-7,10-11H2,1-2H3. The Morgan fingerprint density at radius 2 is 2.37 bits per heavy atom. The van der Waals surface area contributed by atoms with Gasteiger partial charge in [0.1, 0.15) is 0 Å². The highest BCUT2D eigenvalue weighted by Gasteiger charge is 2.38. The molecule has 1 fully saturated rings. The molecule has 19 heavy (non-hydrogen) atoms. The van der Waals surface area contributed by atoms with Crippen LogP contribution in [0.3, 0.4) is 0 Å². The number of nitriles is 1. The van der Waals surface area contributed by atoms with Crippen LogP contribution in [0, 0.1) is 16.7 Å². The van der Waals surface area contributed by atoms with E-state index in [2.05, 4.69) is 11.4 Å². The third-order valence-electron chi connectivity index (χ3n) is 3.71. The van der Waals surface area contributed by atoms with Gasteiger partial charge in [-0.3, -0.25) is 4.79 Å². The van der Waals surface area contributed by atoms with Gasteiger partial charge in [0, 0.05) is 20.1 Å². The van der Waals surface area contributed by atoms with Gasteiger partial charge >= 0.3 is 0 Å². The normalized spacial score (nSPS) is 21.9. The zero-order valence-corrected chi connectivity index (χ0v) is 11.4. The fraction of sp³-hybridized carbons (Fsp3) is 0.467. The van der Waals surface area contributed by atoms with E-state index < -0.39 is 0 Å². The maximum Gasteiger partial charge on any atom is 0.229 e. The van der Waals surface area contributed by atoms with Gasteiger partial charge in [-0.2, -0.15) is 5.26 Å². The summed E-state index contributed by atoms with van der Waals surface area (Å²) in [5, 5.41) is 12.1. The highest BCUT2D eigenvalue weighted by atomic mass is 16.2. The molecular weight excluding hydrogens is 238 g/mol. The zero-order chi connectivity index (χ0) is 13.9. The molecule has 1 unspecified atom stereocenters. The Morgan fingerprint density at radius 3 is 3.00 bits per heavy atom. The van der Waals surface area contributed by atoms with Gasteiger partial charge in [-0.1, -0.05) is 12.1 Å². The van der Waals surface area contributed by atoms with Crippen LogP contribution in [0.15, 0.2) is 24.3 Å². The minimum Gasteiger partial charge on any atom is -0.341 e. The van der Waals surface area contributed by atoms with Crippen molar-refractivity contribution < 1.29 is 4.79 Å². The summed E-state index contributed by atoms with van der Waals surface area (Å²) in [6.45, 7) is 4.20. The van der Waals surface area contributed by atoms with Gasteiger partial charge in [0.2, 0.25) is 5.91 Å². The predicted octanol–water partition coefficient (Wildman–Crippen LogP) is 1.52. The summed E-state index contributed by atoms with van der Waals surface area (Å²) in [5.41, 5.74) is 1.33. The summed E-state index contributed by atoms with van der Waals surface area (Å²) in [6, 6.07) is 9.52. The molecule has 4 nitrogen and oxygen atoms in total. The van der Waals surface area contributed by atoms with Crippen LogP contribution in [0.25, 0.3) is 0 Å². The van der Waals surface area contributed by atoms with Crippen LogP contribution >= 0.6 is 0 Å². The van der Waals surface area contributed by atoms with Crippen molar-refractivity contribution in [2.45, 2.75) is 19.9 Å². The number of amides is 1. The van der Waals surface area contributed by atoms with E-state index in [9.17, 15) is 4.79 Å². The Labute approximate surface area is 114 Å². The minimum atomic E-state index is -0.290. The Bertz CT molecular complexity index is 512. The first-order valence-electron chi connectivity index (χ1n) is 6.50. The molecule has 0 saturated carbocycles. The Kier molecular flexibility index (Phi) is 3.87. The van der Waals surface area contributed by atoms with E-state index in [1.165, 1.54) is 0 Å². The number of hydrogen-bond donors (Lipinski definition) is 1. The molecule has 1 aliphatic heterocycles. The van der Waals surface area contributed by atoms with E-state index in [0.29, 0.717) is 12.1 Å². The smallest absolute Gasteiger partial charge is 0.229 e. The van der Waals surface area contributed by atoms with Crippen molar-refractivity contribution >= 4 is 5.91 Å². The topological polar surface area (TPSA) is 56.1 Å². The first kappa shape index (κ1) is 13.6. The summed E-state index contributed by atoms with van der Waals surface area (Å²) in [6.07, 6.45) is 0.883. The largest absolute Gasteiger partial charge is 0.341 e. The molecule has 1 aromatic rings. The quantitative estimate of drug-likeness (QED) is 0.893. The highest BCUT2D eigenvalue weighted by Crippen LogP contribution is 2.27. The summed E-state index contributed by atoms with van der Waals surface area (Å²) >= 11 is 0. The molecule has 1 aromatic carbocycles. The van der Waals surface area contributed by atoms with Crippen molar-refractivity contribution in [3.8, 4) is 6.07 Å². The molecule has 0 aromatic heterocycles. The van der Waals surface area contributed by atoms with Gasteiger partial charge in [-0.25, -0.2) is 0 Å². The Morgan fingerprint density at radius 1 is 1.58 bits per heavy atom. The van der Waals surface area contributed by atoms with E-state index in [-0.39, 0.29) is 11.3 Å². The van der Waals surface area contributed by atoms with E-state index >= 15 is 0 Å². The van der Waals surface area contributed by atoms with Crippen molar-refractivity contribution in [3.05, 3.63) is 35.4 Å². The molecule has 100 valence electrons. The first-order chi connectivity index (χ1) is 9.05. The Balaban J connectivity index is 2.06. The average Bonchev–Trinajstić information content (AvgIpc) is 2.86. The highest BCUT2D eigenvalue weighted by molar-refractivity contribution is 5.82. The van der Waals surface area contributed by atoms with Gasteiger partial charge in [-0.05, 0) is 37.6 Å². The second kappa shape index (κ2) is 5.41. The molecule has 2 rings (SSSR count). The second-order valence-electron chi connectivity index (χ2n) is 5.46. The van der Waals surface area contributed by atoms with Crippen molar-refractivity contribution in [1.82, 2.24) is 10.2 Å². The lowest BCUT2D eigenvalue weighted by molar-refractivity contribution is -0.139. The predicted molar refractivity (Wildman–Crippen MR) is 73.2 cm³/mol. The lowest BCUT2D eigenvalue weighted by Gasteiger charge is -2.28. The zero-order valence-electron chi connectivity index (χ0n) is 11.4. The van der Waals surface area contributed by atoms with Crippen LogP contribution in [0.4, 0.5) is 0 Å². The lowest BCUT2D eigenvalue weighted by Crippen LogP contribution is -2.41. The Hall–Kier alpha value is -1.86. The van der Waals surface area contributed by atoms with Crippen LogP contribution in [0.2, 0.25) is 0 Å². The van der Waals surface area contributed by atoms with Crippen LogP contribution in [0.5, 0.6) is 0 Å². The number of nitrogens with one attached hydrogen (secondary N) is 1. The molecule has 1 aliphatic rings. The fourth-order valence-corrected chi connectivity index (χ4v) is 2.55. The first-order valence-corrected chi connectivity index (χ1v) is 6.50. The molecule has 1 amide bonds. The molecule has 1 N–H and O–H groups in total. The van der Waals surface area contributed by atoms with Crippen LogP contribution < -0.4 is 5.32 Å². The second-order valence-corrected chi connectivity index (χ2v) is 5.46. The molecule has 0 aliphatic carbocycles. The van der Waals surface area contributed by atoms with Crippen molar-refractivity contribution in [3.63, 3.8) is 0 Å². The molecule has 0 bridgehead atoms. The van der Waals surface area contributed by atoms with E-state index in [0.717, 1.165) is 25.1 Å². The van der Waals surface area contributed by atoms with Gasteiger partial charge in [-0.15, -0.1) is 0 Å². The van der Waals surface area contributed by atoms with Gasteiger partial charge < -0.3 is 10.2 Å². The molecule has 0 radical (unpaired) electrons. The van der Waals surface area contributed by atoms with E-state index in [1.54, 1.807) is 11.0 Å². The molecule has 1 atom stereocenters. The molecule has 1 heterocycles. The third-order valence-corrected chi connectivity index (χ3v) is 3.71. The van der Waals surface area contributed by atoms with Crippen molar-refractivity contribution in [2.75, 3.05) is 20.1 Å². The molecular formula is C15H19N3O. The summed E-state index contributed by atoms with van der Waals surface area (Å²) in [7, 11) is 1.82. The average molecular weight is 257 g/mol. The number of carbonyl (C=O) groups excluding carboxylic acids is 1. The number of nitrogens with zero attached hydrogens (tertiary/aromatic N) is 2. The number of carbonyl (C=O) groups is 1. The molecule has 1 saturated heterocycles. The molecule has 4 heteroatoms. The van der Waals surface area contributed by atoms with Gasteiger partial charge in [0.15, 0.2) is 0 Å². The van der Waals surface area contributed by atoms with Gasteiger partial charge in [0.05, 0.1) is 17.0 Å². The third kappa shape index (κ3) is 2.94. The fourth-order valence-electron chi connectivity index (χ4n) is 2.55. The van der Waals surface area contributed by atoms with Crippen molar-refractivity contribution in [1.29, 1.82) is 5.26 Å². The summed E-state index contributed by atoms with van der Waals surface area (Å²) in [5.74, 6) is 0.167. The minimum absolute atomic E-state index is 0.167. The number of benzene rings is 1. The monoisotopic (exact) mass is 257 g/mol. The maximum absolute atomic E-state index is 12.4. The summed E-state index contributed by atoms with van der Waals surface area (Å²) in [4.78, 5) is 14.2. The SMILES string of the molecule is CN(Cc1cccc(C#N)c1)C(=O)C1(C)CCNC1. The molecule has 0 spiro atoms. The van der Waals surface area contributed by atoms with Crippen LogP contribution in [0.1, 0.15) is 24.5 Å². The number of hydrogen-bond acceptors (Lipinski definition) is 3. The van der Waals surface area contributed by atoms with E-state index in [4.69, 9.17) is 5.26 Å². The van der Waals surface area contributed by atoms with E-state index in [1.807, 2.05) is 32.2 Å². The van der Waals surface area contributed by atoms with Crippen LogP contribution in [-0.2, 0) is 11.3 Å². The van der Waals surface area contributed by atoms with Gasteiger partial charge in [0.25, 0.3) is 0 Å². The number of rotatable bonds is 3.